The van der Waals surface area contributed by atoms with Crippen molar-refractivity contribution in [3.8, 4) is 0 Å². The largest absolute Gasteiger partial charge is 0.459 e. The molecule has 1 aromatic carbocycles. The summed E-state index contributed by atoms with van der Waals surface area (Å²) in [6.45, 7) is 10.0. The average molecular weight is 852 g/mol. The Kier molecular flexibility index (Phi) is 11.9. The summed E-state index contributed by atoms with van der Waals surface area (Å²) < 4.78 is 49.8. The molecule has 3 fully saturated rings. The van der Waals surface area contributed by atoms with Crippen molar-refractivity contribution in [3.63, 3.8) is 0 Å². The number of hydrogen-bond acceptors (Lipinski definition) is 18. The quantitative estimate of drug-likeness (QED) is 0.296. The van der Waals surface area contributed by atoms with E-state index in [1.165, 1.54) is 56.4 Å². The molecule has 3 heterocycles. The second-order valence-electron chi connectivity index (χ2n) is 16.6. The number of cyclic esters (lactones) is 1. The number of Topliss-reactive ketones (excluding diaryl/α,β-unsaturated/α-hetero) is 1. The number of aliphatic hydroxyl groups is 1. The van der Waals surface area contributed by atoms with Crippen molar-refractivity contribution in [1.29, 1.82) is 0 Å². The number of ketones is 1. The zero-order valence-corrected chi connectivity index (χ0v) is 35.2. The van der Waals surface area contributed by atoms with E-state index in [4.69, 9.17) is 37.9 Å². The molecule has 328 valence electrons. The van der Waals surface area contributed by atoms with E-state index in [2.05, 4.69) is 4.98 Å². The molecule has 6 rings (SSSR count). The fourth-order valence-electron chi connectivity index (χ4n) is 10.1. The molecule has 1 saturated heterocycles. The summed E-state index contributed by atoms with van der Waals surface area (Å²) in [5, 5.41) is 13.6. The first-order chi connectivity index (χ1) is 28.5. The van der Waals surface area contributed by atoms with Crippen LogP contribution in [0.2, 0.25) is 0 Å². The maximum absolute atomic E-state index is 14.5. The minimum absolute atomic E-state index is 0.0379. The molecule has 13 atom stereocenters. The predicted molar refractivity (Wildman–Crippen MR) is 204 cm³/mol. The van der Waals surface area contributed by atoms with Crippen molar-refractivity contribution >= 4 is 47.6 Å². The number of ether oxygens (including phenoxy) is 8. The normalized spacial score (nSPS) is 36.5. The Bertz CT molecular complexity index is 2140. The standard InChI is InChI=1S/C43H49NO17/c1-20(45)18-42-35(58-26(7)49)31(55-23(4)46)29-33(57-25(6)48)43(42)41(9,53)34(32(56-24(5)47)36(42)60-38(51)27-14-11-10-12-15-27)59-37(50)22(3)21(2)30-28(16-13-17-44-30)39(52)54-19-40(29,8)61-43/h10-17,21-22,29,31-36,53H,18-19H2,1-9H3/t21-,22-,29+,31+,32-,33+,34-,35+,36-,40-,41-,42+,43-/m0/s1. The van der Waals surface area contributed by atoms with Gasteiger partial charge >= 0.3 is 41.8 Å². The third kappa shape index (κ3) is 7.32. The lowest BCUT2D eigenvalue weighted by atomic mass is 9.43. The number of aromatic nitrogens is 1. The first-order valence-corrected chi connectivity index (χ1v) is 19.7. The smallest absolute Gasteiger partial charge is 0.340 e. The van der Waals surface area contributed by atoms with Gasteiger partial charge in [-0.25, -0.2) is 9.59 Å². The van der Waals surface area contributed by atoms with Crippen molar-refractivity contribution < 1.29 is 81.4 Å². The van der Waals surface area contributed by atoms with Crippen LogP contribution in [-0.4, -0.2) is 118 Å². The van der Waals surface area contributed by atoms with Crippen molar-refractivity contribution in [1.82, 2.24) is 4.98 Å². The fraction of sp³-hybridized carbons (Fsp3) is 0.558. The van der Waals surface area contributed by atoms with Gasteiger partial charge in [0.25, 0.3) is 0 Å². The second kappa shape index (κ2) is 16.3. The molecule has 4 aliphatic rings. The van der Waals surface area contributed by atoms with Gasteiger partial charge in [0, 0.05) is 46.2 Å². The van der Waals surface area contributed by atoms with Gasteiger partial charge in [-0.15, -0.1) is 0 Å². The number of pyridine rings is 1. The minimum atomic E-state index is -2.82. The molecular formula is C43H49NO17. The topological polar surface area (TPSA) is 244 Å². The van der Waals surface area contributed by atoms with Gasteiger partial charge in [-0.2, -0.15) is 0 Å². The number of benzene rings is 1. The van der Waals surface area contributed by atoms with Gasteiger partial charge in [-0.1, -0.05) is 32.0 Å². The lowest BCUT2D eigenvalue weighted by molar-refractivity contribution is -0.380. The Morgan fingerprint density at radius 2 is 1.33 bits per heavy atom. The average Bonchev–Trinajstić information content (AvgIpc) is 3.40. The first kappa shape index (κ1) is 44.8. The molecule has 1 N–H and O–H groups in total. The van der Waals surface area contributed by atoms with E-state index in [1.54, 1.807) is 13.0 Å². The molecular weight excluding hydrogens is 802 g/mol. The predicted octanol–water partition coefficient (Wildman–Crippen LogP) is 2.74. The molecule has 1 aromatic heterocycles. The Hall–Kier alpha value is -5.75. The van der Waals surface area contributed by atoms with Crippen molar-refractivity contribution in [2.24, 2.45) is 17.3 Å². The Morgan fingerprint density at radius 1 is 0.754 bits per heavy atom. The van der Waals surface area contributed by atoms with Crippen LogP contribution in [0.5, 0.6) is 0 Å². The molecule has 2 aliphatic carbocycles. The van der Waals surface area contributed by atoms with Gasteiger partial charge in [-0.05, 0) is 45.0 Å². The molecule has 0 radical (unpaired) electrons. The van der Waals surface area contributed by atoms with Gasteiger partial charge < -0.3 is 47.8 Å². The highest BCUT2D eigenvalue weighted by Gasteiger charge is 2.91. The third-order valence-corrected chi connectivity index (χ3v) is 12.4. The molecule has 18 nitrogen and oxygen atoms in total. The SMILES string of the molecule is CC(=O)C[C@]12[C@H](OC(C)=O)[C@H](OC(C)=O)[C@@H]3[C@@H](OC(C)=O)[C@@]14O[C@@]3(C)COC(=O)c1cccnc1[C@@H](C)[C@H](C)C(=O)O[C@@H]([C@H](OC(C)=O)[C@@H]2OC(=O)c1ccccc1)[C@]4(C)O. The van der Waals surface area contributed by atoms with E-state index >= 15 is 0 Å². The van der Waals surface area contributed by atoms with Gasteiger partial charge in [0.1, 0.15) is 35.8 Å². The summed E-state index contributed by atoms with van der Waals surface area (Å²) in [4.78, 5) is 115. The molecule has 0 unspecified atom stereocenters. The van der Waals surface area contributed by atoms with Crippen LogP contribution in [0.4, 0.5) is 0 Å². The first-order valence-electron chi connectivity index (χ1n) is 19.7. The molecule has 2 aliphatic heterocycles. The Morgan fingerprint density at radius 3 is 1.92 bits per heavy atom. The van der Waals surface area contributed by atoms with E-state index in [9.17, 15) is 43.5 Å². The van der Waals surface area contributed by atoms with Crippen LogP contribution in [0.1, 0.15) is 101 Å². The van der Waals surface area contributed by atoms with E-state index in [0.29, 0.717) is 0 Å². The van der Waals surface area contributed by atoms with Crippen molar-refractivity contribution in [2.75, 3.05) is 6.61 Å². The van der Waals surface area contributed by atoms with Crippen molar-refractivity contribution in [3.05, 3.63) is 65.5 Å². The lowest BCUT2D eigenvalue weighted by Gasteiger charge is -2.68. The molecule has 1 spiro atoms. The maximum Gasteiger partial charge on any atom is 0.340 e. The number of hydrogen-bond donors (Lipinski definition) is 1. The van der Waals surface area contributed by atoms with Crippen LogP contribution in [0.15, 0.2) is 48.7 Å². The van der Waals surface area contributed by atoms with Crippen LogP contribution in [0, 0.1) is 17.3 Å². The summed E-state index contributed by atoms with van der Waals surface area (Å²) in [6, 6.07) is 10.4. The van der Waals surface area contributed by atoms with Crippen LogP contribution in [0.3, 0.4) is 0 Å². The van der Waals surface area contributed by atoms with Gasteiger partial charge in [0.2, 0.25) is 0 Å². The second-order valence-corrected chi connectivity index (χ2v) is 16.6. The molecule has 2 aromatic rings. The Labute approximate surface area is 350 Å². The van der Waals surface area contributed by atoms with Crippen LogP contribution in [0.25, 0.3) is 0 Å². The van der Waals surface area contributed by atoms with Crippen LogP contribution >= 0.6 is 0 Å². The van der Waals surface area contributed by atoms with E-state index < -0.39 is 137 Å². The number of nitrogens with zero attached hydrogens (tertiary/aromatic N) is 1. The zero-order chi connectivity index (χ0) is 45.0. The summed E-state index contributed by atoms with van der Waals surface area (Å²) in [5.74, 6) is -11.4. The highest BCUT2D eigenvalue weighted by Crippen LogP contribution is 2.71. The van der Waals surface area contributed by atoms with E-state index in [0.717, 1.165) is 41.5 Å². The molecule has 2 saturated carbocycles. The number of esters is 7. The zero-order valence-electron chi connectivity index (χ0n) is 35.2. The fourth-order valence-corrected chi connectivity index (χ4v) is 10.1. The van der Waals surface area contributed by atoms with E-state index in [-0.39, 0.29) is 16.8 Å². The minimum Gasteiger partial charge on any atom is -0.459 e. The maximum atomic E-state index is 14.5. The van der Waals surface area contributed by atoms with Gasteiger partial charge in [-0.3, -0.25) is 29.0 Å². The number of carbonyl (C=O) groups excluding carboxylic acids is 8. The summed E-state index contributed by atoms with van der Waals surface area (Å²) in [6.07, 6.45) is -11.5. The highest BCUT2D eigenvalue weighted by atomic mass is 16.7. The van der Waals surface area contributed by atoms with Gasteiger partial charge in [0.05, 0.1) is 34.1 Å². The van der Waals surface area contributed by atoms with Gasteiger partial charge in [0.15, 0.2) is 30.0 Å². The number of carbonyl (C=O) groups is 8. The van der Waals surface area contributed by atoms with Crippen LogP contribution in [-0.2, 0) is 66.7 Å². The number of fused-ring (bicyclic) bond motifs is 5. The summed E-state index contributed by atoms with van der Waals surface area (Å²) in [5.41, 5.74) is -10.2. The number of rotatable bonds is 8. The highest BCUT2D eigenvalue weighted by molar-refractivity contribution is 5.91. The molecule has 61 heavy (non-hydrogen) atoms. The van der Waals surface area contributed by atoms with Crippen LogP contribution < -0.4 is 0 Å². The summed E-state index contributed by atoms with van der Waals surface area (Å²) in [7, 11) is 0. The lowest BCUT2D eigenvalue weighted by Crippen LogP contribution is -2.88. The summed E-state index contributed by atoms with van der Waals surface area (Å²) >= 11 is 0. The molecule has 4 bridgehead atoms. The monoisotopic (exact) mass is 851 g/mol. The Balaban J connectivity index is 1.81. The molecule has 0 amide bonds. The van der Waals surface area contributed by atoms with Crippen molar-refractivity contribution in [2.45, 2.75) is 128 Å². The molecule has 18 heteroatoms. The third-order valence-electron chi connectivity index (χ3n) is 12.4. The van der Waals surface area contributed by atoms with E-state index in [1.807, 2.05) is 0 Å².